The van der Waals surface area contributed by atoms with E-state index in [2.05, 4.69) is 25.4 Å². The first kappa shape index (κ1) is 18.6. The number of likely N-dealkylation sites (N-methyl/N-ethyl adjacent to an activating group) is 1. The second kappa shape index (κ2) is 6.31. The number of carbonyl (C=O) groups excluding carboxylic acids is 1. The normalized spacial score (nSPS) is 28.0. The van der Waals surface area contributed by atoms with Crippen LogP contribution >= 0.6 is 0 Å². The molecule has 4 atom stereocenters. The quantitative estimate of drug-likeness (QED) is 0.788. The number of nitrogens with zero attached hydrogens (tertiary/aromatic N) is 1. The van der Waals surface area contributed by atoms with E-state index in [1.807, 2.05) is 12.1 Å². The average molecular weight is 413 g/mol. The molecule has 3 aliphatic rings. The largest absolute Gasteiger partial charge is 0.337 e. The van der Waals surface area contributed by atoms with Crippen molar-refractivity contribution < 1.29 is 18.1 Å². The molecule has 2 aromatic carbocycles. The van der Waals surface area contributed by atoms with Gasteiger partial charge in [-0.1, -0.05) is 17.7 Å². The summed E-state index contributed by atoms with van der Waals surface area (Å²) < 4.78 is 29.3. The molecule has 0 aromatic heterocycles. The predicted octanol–water partition coefficient (Wildman–Crippen LogP) is 1.63. The van der Waals surface area contributed by atoms with Gasteiger partial charge in [0.15, 0.2) is 0 Å². The van der Waals surface area contributed by atoms with Crippen molar-refractivity contribution in [3.8, 4) is 0 Å². The van der Waals surface area contributed by atoms with Crippen molar-refractivity contribution in [1.82, 2.24) is 0 Å². The fraction of sp³-hybridized carbons (Fsp3) is 0.409. The third-order valence-electron chi connectivity index (χ3n) is 6.72. The molecule has 29 heavy (non-hydrogen) atoms. The van der Waals surface area contributed by atoms with Crippen molar-refractivity contribution in [3.63, 3.8) is 0 Å². The van der Waals surface area contributed by atoms with E-state index in [4.69, 9.17) is 0 Å². The van der Waals surface area contributed by atoms with E-state index in [0.29, 0.717) is 5.69 Å². The maximum atomic E-state index is 13.8. The van der Waals surface area contributed by atoms with Crippen LogP contribution in [0.5, 0.6) is 0 Å². The fourth-order valence-corrected chi connectivity index (χ4v) is 6.91. The summed E-state index contributed by atoms with van der Waals surface area (Å²) in [6.07, 6.45) is 0.838. The summed E-state index contributed by atoms with van der Waals surface area (Å²) in [6, 6.07) is 11.0. The molecule has 0 radical (unpaired) electrons. The van der Waals surface area contributed by atoms with E-state index in [1.165, 1.54) is 4.90 Å². The molecule has 2 aromatic rings. The summed E-state index contributed by atoms with van der Waals surface area (Å²) in [5.41, 5.74) is 4.57. The number of carbonyl (C=O) groups is 1. The van der Waals surface area contributed by atoms with Crippen molar-refractivity contribution in [2.24, 2.45) is 0 Å². The van der Waals surface area contributed by atoms with Gasteiger partial charge in [0, 0.05) is 12.1 Å². The van der Waals surface area contributed by atoms with Gasteiger partial charge in [-0.05, 0) is 49.2 Å². The number of amides is 1. The Morgan fingerprint density at radius 3 is 2.72 bits per heavy atom. The van der Waals surface area contributed by atoms with Gasteiger partial charge in [-0.2, -0.15) is 0 Å². The molecule has 0 aliphatic carbocycles. The highest BCUT2D eigenvalue weighted by atomic mass is 32.2. The molecule has 3 aliphatic heterocycles. The maximum Gasteiger partial charge on any atom is 0.264 e. The number of piperidine rings is 1. The lowest BCUT2D eigenvalue weighted by atomic mass is 9.89. The van der Waals surface area contributed by atoms with Crippen LogP contribution < -0.4 is 14.5 Å². The Kier molecular flexibility index (Phi) is 4.05. The number of fused-ring (bicyclic) bond motifs is 4. The number of rotatable bonds is 2. The first-order valence-electron chi connectivity index (χ1n) is 10.2. The Balaban J connectivity index is 1.62. The van der Waals surface area contributed by atoms with Gasteiger partial charge >= 0.3 is 0 Å². The molecular formula is C22H26N3O3S+. The lowest BCUT2D eigenvalue weighted by molar-refractivity contribution is -0.886. The highest BCUT2D eigenvalue weighted by molar-refractivity contribution is 7.92. The zero-order valence-corrected chi connectivity index (χ0v) is 17.7. The molecule has 1 unspecified atom stereocenters. The van der Waals surface area contributed by atoms with Crippen LogP contribution in [0.3, 0.4) is 0 Å². The summed E-state index contributed by atoms with van der Waals surface area (Å²) in [7, 11) is -1.55. The smallest absolute Gasteiger partial charge is 0.264 e. The Hall–Kier alpha value is -2.38. The van der Waals surface area contributed by atoms with Crippen LogP contribution in [0.15, 0.2) is 41.3 Å². The molecule has 1 saturated heterocycles. The summed E-state index contributed by atoms with van der Waals surface area (Å²) >= 11 is 0. The molecule has 2 N–H and O–H groups in total. The van der Waals surface area contributed by atoms with Crippen molar-refractivity contribution in [1.29, 1.82) is 0 Å². The molecule has 152 valence electrons. The van der Waals surface area contributed by atoms with Gasteiger partial charge in [0.1, 0.15) is 0 Å². The number of aryl methyl sites for hydroxylation is 1. The topological polar surface area (TPSA) is 70.9 Å². The fourth-order valence-electron chi connectivity index (χ4n) is 5.13. The average Bonchev–Trinajstić information content (AvgIpc) is 3.15. The molecule has 3 heterocycles. The molecule has 0 spiro atoms. The number of anilines is 2. The maximum absolute atomic E-state index is 13.8. The van der Waals surface area contributed by atoms with Gasteiger partial charge in [0.25, 0.3) is 10.0 Å². The number of likely N-dealkylation sites (tertiary alicyclic amines) is 1. The Morgan fingerprint density at radius 1 is 1.14 bits per heavy atom. The molecular weight excluding hydrogens is 386 g/mol. The SMILES string of the molecule is Cc1ccc2c(c1)[C@@H]1C[NH+](C)CC[C@@H]1N2S(=O)(=O)c1ccc2c(c1)[C@H](C)C(=O)N2. The van der Waals surface area contributed by atoms with Gasteiger partial charge in [0.05, 0.1) is 48.6 Å². The second-order valence-corrected chi connectivity index (χ2v) is 10.5. The number of benzene rings is 2. The minimum Gasteiger partial charge on any atom is -0.337 e. The number of quaternary nitrogens is 1. The lowest BCUT2D eigenvalue weighted by Gasteiger charge is -2.34. The van der Waals surface area contributed by atoms with Crippen molar-refractivity contribution in [2.75, 3.05) is 29.8 Å². The highest BCUT2D eigenvalue weighted by Gasteiger charge is 2.48. The zero-order valence-electron chi connectivity index (χ0n) is 16.9. The standard InChI is InChI=1S/C22H25N3O3S/c1-13-4-7-20-17(10-13)18-12-24(3)9-8-21(18)25(20)29(27,28)15-5-6-19-16(11-15)14(2)22(26)23-19/h4-7,10-11,14,18,21H,8-9,12H2,1-3H3,(H,23,26)/p+1/t14-,18-,21-/m0/s1. The van der Waals surface area contributed by atoms with E-state index in [9.17, 15) is 13.2 Å². The van der Waals surface area contributed by atoms with Gasteiger partial charge < -0.3 is 10.2 Å². The number of sulfonamides is 1. The van der Waals surface area contributed by atoms with Gasteiger partial charge in [-0.15, -0.1) is 0 Å². The van der Waals surface area contributed by atoms with Gasteiger partial charge in [-0.25, -0.2) is 8.42 Å². The second-order valence-electron chi connectivity index (χ2n) is 8.70. The first-order chi connectivity index (χ1) is 13.8. The van der Waals surface area contributed by atoms with E-state index < -0.39 is 10.0 Å². The molecule has 0 saturated carbocycles. The van der Waals surface area contributed by atoms with Crippen LogP contribution in [0.2, 0.25) is 0 Å². The van der Waals surface area contributed by atoms with E-state index in [-0.39, 0.29) is 28.7 Å². The Morgan fingerprint density at radius 2 is 1.93 bits per heavy atom. The van der Waals surface area contributed by atoms with Crippen LogP contribution in [-0.2, 0) is 14.8 Å². The predicted molar refractivity (Wildman–Crippen MR) is 112 cm³/mol. The third-order valence-corrected chi connectivity index (χ3v) is 8.55. The summed E-state index contributed by atoms with van der Waals surface area (Å²) in [6.45, 7) is 5.76. The molecule has 0 bridgehead atoms. The molecule has 5 rings (SSSR count). The number of hydrogen-bond donors (Lipinski definition) is 2. The molecule has 7 heteroatoms. The van der Waals surface area contributed by atoms with Crippen LogP contribution in [0.25, 0.3) is 0 Å². The minimum absolute atomic E-state index is 0.0501. The number of nitrogens with one attached hydrogen (secondary N) is 2. The van der Waals surface area contributed by atoms with Gasteiger partial charge in [-0.3, -0.25) is 9.10 Å². The third kappa shape index (κ3) is 2.71. The van der Waals surface area contributed by atoms with Crippen molar-refractivity contribution >= 4 is 27.3 Å². The molecule has 6 nitrogen and oxygen atoms in total. The van der Waals surface area contributed by atoms with Crippen molar-refractivity contribution in [3.05, 3.63) is 53.1 Å². The Labute approximate surface area is 171 Å². The van der Waals surface area contributed by atoms with E-state index in [0.717, 1.165) is 41.9 Å². The van der Waals surface area contributed by atoms with Crippen LogP contribution in [0, 0.1) is 6.92 Å². The van der Waals surface area contributed by atoms with E-state index >= 15 is 0 Å². The monoisotopic (exact) mass is 412 g/mol. The van der Waals surface area contributed by atoms with Crippen LogP contribution in [0.1, 0.15) is 41.9 Å². The summed E-state index contributed by atoms with van der Waals surface area (Å²) in [5, 5.41) is 2.82. The first-order valence-corrected chi connectivity index (χ1v) is 11.6. The van der Waals surface area contributed by atoms with Gasteiger partial charge in [0.2, 0.25) is 5.91 Å². The van der Waals surface area contributed by atoms with Crippen LogP contribution in [-0.4, -0.2) is 40.5 Å². The highest BCUT2D eigenvalue weighted by Crippen LogP contribution is 2.46. The minimum atomic E-state index is -3.73. The lowest BCUT2D eigenvalue weighted by Crippen LogP contribution is -3.11. The van der Waals surface area contributed by atoms with E-state index in [1.54, 1.807) is 29.4 Å². The zero-order chi connectivity index (χ0) is 20.5. The molecule has 1 fully saturated rings. The summed E-state index contributed by atoms with van der Waals surface area (Å²) in [5.74, 6) is -0.215. The van der Waals surface area contributed by atoms with Crippen molar-refractivity contribution in [2.45, 2.75) is 43.0 Å². The molecule has 1 amide bonds. The number of hydrogen-bond acceptors (Lipinski definition) is 3. The van der Waals surface area contributed by atoms with Crippen LogP contribution in [0.4, 0.5) is 11.4 Å². The Bertz CT molecular complexity index is 1130. The summed E-state index contributed by atoms with van der Waals surface area (Å²) in [4.78, 5) is 13.7.